The third kappa shape index (κ3) is 5.40. The van der Waals surface area contributed by atoms with Crippen LogP contribution in [0, 0.1) is 0 Å². The highest BCUT2D eigenvalue weighted by Gasteiger charge is 2.31. The summed E-state index contributed by atoms with van der Waals surface area (Å²) >= 11 is 0. The molecular formula is C25H30BN5O6S. The molecular weight excluding hydrogens is 509 g/mol. The predicted molar refractivity (Wildman–Crippen MR) is 141 cm³/mol. The van der Waals surface area contributed by atoms with Crippen LogP contribution < -0.4 is 14.8 Å². The second-order valence-electron chi connectivity index (χ2n) is 9.74. The number of methoxy groups -OCH3 is 1. The summed E-state index contributed by atoms with van der Waals surface area (Å²) in [7, 11) is -4.05. The summed E-state index contributed by atoms with van der Waals surface area (Å²) in [5, 5.41) is 25.5. The normalized spacial score (nSPS) is 19.0. The van der Waals surface area contributed by atoms with E-state index >= 15 is 0 Å². The average Bonchev–Trinajstić information content (AvgIpc) is 3.59. The maximum atomic E-state index is 13.0. The zero-order valence-corrected chi connectivity index (χ0v) is 21.8. The molecule has 0 radical (unpaired) electrons. The molecule has 3 aromatic rings. The number of aromatic nitrogens is 3. The maximum Gasteiger partial charge on any atom is 0.454 e. The molecule has 2 amide bonds. The lowest BCUT2D eigenvalue weighted by molar-refractivity contribution is 0.256. The predicted octanol–water partition coefficient (Wildman–Crippen LogP) is 2.91. The molecule has 2 heterocycles. The van der Waals surface area contributed by atoms with Crippen LogP contribution in [0.5, 0.6) is 5.88 Å². The van der Waals surface area contributed by atoms with E-state index in [9.17, 15) is 23.3 Å². The van der Waals surface area contributed by atoms with Crippen molar-refractivity contribution in [2.45, 2.75) is 61.8 Å². The Hall–Kier alpha value is -3.42. The second kappa shape index (κ2) is 10.8. The minimum absolute atomic E-state index is 0.0467. The average molecular weight is 539 g/mol. The van der Waals surface area contributed by atoms with Gasteiger partial charge in [-0.05, 0) is 79.6 Å². The van der Waals surface area contributed by atoms with E-state index in [1.807, 2.05) is 12.1 Å². The first-order valence-electron chi connectivity index (χ1n) is 12.7. The van der Waals surface area contributed by atoms with Crippen LogP contribution in [0.2, 0.25) is 5.82 Å². The number of aryl methyl sites for hydroxylation is 1. The van der Waals surface area contributed by atoms with Gasteiger partial charge in [0.25, 0.3) is 10.0 Å². The first kappa shape index (κ1) is 26.2. The minimum atomic E-state index is -4.23. The zero-order valence-electron chi connectivity index (χ0n) is 21.0. The number of carbonyl (C=O) groups excluding carboxylic acids is 1. The van der Waals surface area contributed by atoms with Gasteiger partial charge in [0.15, 0.2) is 5.03 Å². The van der Waals surface area contributed by atoms with E-state index in [0.717, 1.165) is 41.5 Å². The summed E-state index contributed by atoms with van der Waals surface area (Å²) in [6.07, 6.45) is 8.32. The summed E-state index contributed by atoms with van der Waals surface area (Å²) < 4.78 is 34.9. The standard InChI is InChI=1S/C25H30BN5O6S/c1-37-22-15-17(11-13-27-22)21-10-5-16-3-2-4-20(16)24(21)28-25(32)30-38(35,36)23-12-14-31(29-23)19-8-6-18(7-9-19)26(33)34/h5,10-15,18-19,33-34H,2-4,6-9H2,1H3,(H2,28,30,32). The van der Waals surface area contributed by atoms with Gasteiger partial charge in [0.2, 0.25) is 5.88 Å². The summed E-state index contributed by atoms with van der Waals surface area (Å²) in [5.41, 5.74) is 4.20. The Morgan fingerprint density at radius 3 is 2.66 bits per heavy atom. The number of fused-ring (bicyclic) bond motifs is 1. The van der Waals surface area contributed by atoms with Gasteiger partial charge >= 0.3 is 13.1 Å². The number of urea groups is 1. The monoisotopic (exact) mass is 539 g/mol. The molecule has 13 heteroatoms. The molecule has 0 unspecified atom stereocenters. The van der Waals surface area contributed by atoms with Gasteiger partial charge in [-0.15, -0.1) is 0 Å². The SMILES string of the molecule is COc1cc(-c2ccc3c(c2NC(=O)NS(=O)(=O)c2ccn(C4CCC(B(O)O)CC4)n2)CCC3)ccn1. The number of pyridine rings is 1. The molecule has 0 spiro atoms. The van der Waals surface area contributed by atoms with Gasteiger partial charge in [0.05, 0.1) is 18.8 Å². The maximum absolute atomic E-state index is 13.0. The van der Waals surface area contributed by atoms with Crippen LogP contribution in [0.4, 0.5) is 10.5 Å². The fourth-order valence-electron chi connectivity index (χ4n) is 5.38. The molecule has 5 rings (SSSR count). The van der Waals surface area contributed by atoms with Gasteiger partial charge < -0.3 is 20.1 Å². The number of hydrogen-bond acceptors (Lipinski definition) is 8. The quantitative estimate of drug-likeness (QED) is 0.334. The molecule has 1 saturated carbocycles. The van der Waals surface area contributed by atoms with Crippen LogP contribution in [0.3, 0.4) is 0 Å². The van der Waals surface area contributed by atoms with E-state index < -0.39 is 23.2 Å². The Balaban J connectivity index is 1.33. The number of hydrogen-bond donors (Lipinski definition) is 4. The lowest BCUT2D eigenvalue weighted by atomic mass is 9.64. The van der Waals surface area contributed by atoms with Gasteiger partial charge in [-0.1, -0.05) is 12.1 Å². The molecule has 11 nitrogen and oxygen atoms in total. The number of carbonyl (C=O) groups is 1. The summed E-state index contributed by atoms with van der Waals surface area (Å²) in [4.78, 5) is 17.1. The zero-order chi connectivity index (χ0) is 26.9. The van der Waals surface area contributed by atoms with Gasteiger partial charge in [-0.25, -0.2) is 14.5 Å². The minimum Gasteiger partial charge on any atom is -0.481 e. The molecule has 0 atom stereocenters. The second-order valence-corrected chi connectivity index (χ2v) is 11.4. The van der Waals surface area contributed by atoms with E-state index in [1.165, 1.54) is 13.2 Å². The Kier molecular flexibility index (Phi) is 7.42. The summed E-state index contributed by atoms with van der Waals surface area (Å²) in [6.45, 7) is 0. The number of benzene rings is 1. The van der Waals surface area contributed by atoms with Crippen LogP contribution in [0.15, 0.2) is 47.8 Å². The molecule has 2 aromatic heterocycles. The fourth-order valence-corrected chi connectivity index (χ4v) is 6.22. The van der Waals surface area contributed by atoms with Crippen molar-refractivity contribution in [1.82, 2.24) is 19.5 Å². The van der Waals surface area contributed by atoms with Crippen molar-refractivity contribution in [1.29, 1.82) is 0 Å². The number of rotatable bonds is 7. The van der Waals surface area contributed by atoms with E-state index in [4.69, 9.17) is 4.74 Å². The molecule has 1 fully saturated rings. The van der Waals surface area contributed by atoms with Gasteiger partial charge in [-0.3, -0.25) is 4.68 Å². The number of sulfonamides is 1. The van der Waals surface area contributed by atoms with Crippen LogP contribution in [-0.2, 0) is 22.9 Å². The van der Waals surface area contributed by atoms with Crippen molar-refractivity contribution in [2.75, 3.05) is 12.4 Å². The van der Waals surface area contributed by atoms with Crippen molar-refractivity contribution in [3.8, 4) is 17.0 Å². The van der Waals surface area contributed by atoms with Crippen molar-refractivity contribution in [3.05, 3.63) is 53.9 Å². The summed E-state index contributed by atoms with van der Waals surface area (Å²) in [6, 6.07) is 7.95. The van der Waals surface area contributed by atoms with Crippen molar-refractivity contribution >= 4 is 28.9 Å². The van der Waals surface area contributed by atoms with Crippen molar-refractivity contribution in [2.24, 2.45) is 0 Å². The Bertz CT molecular complexity index is 1440. The number of amides is 2. The van der Waals surface area contributed by atoms with Gasteiger partial charge in [0, 0.05) is 24.0 Å². The smallest absolute Gasteiger partial charge is 0.454 e. The first-order chi connectivity index (χ1) is 18.2. The number of anilines is 1. The molecule has 200 valence electrons. The largest absolute Gasteiger partial charge is 0.481 e. The molecule has 2 aliphatic rings. The topological polar surface area (TPSA) is 156 Å². The van der Waals surface area contributed by atoms with Crippen LogP contribution in [0.25, 0.3) is 11.1 Å². The molecule has 2 aliphatic carbocycles. The number of nitrogens with one attached hydrogen (secondary N) is 2. The lowest BCUT2D eigenvalue weighted by Gasteiger charge is -2.28. The molecule has 0 aliphatic heterocycles. The highest BCUT2D eigenvalue weighted by Crippen LogP contribution is 2.38. The first-order valence-corrected chi connectivity index (χ1v) is 14.1. The molecule has 38 heavy (non-hydrogen) atoms. The van der Waals surface area contributed by atoms with Crippen molar-refractivity contribution < 1.29 is 28.0 Å². The molecule has 1 aromatic carbocycles. The Morgan fingerprint density at radius 2 is 1.92 bits per heavy atom. The molecule has 4 N–H and O–H groups in total. The highest BCUT2D eigenvalue weighted by atomic mass is 32.2. The fraction of sp³-hybridized carbons (Fsp3) is 0.400. The van der Waals surface area contributed by atoms with Gasteiger partial charge in [-0.2, -0.15) is 13.5 Å². The third-order valence-corrected chi connectivity index (χ3v) is 8.62. The number of ether oxygens (including phenoxy) is 1. The van der Waals surface area contributed by atoms with E-state index in [2.05, 4.69) is 20.1 Å². The van der Waals surface area contributed by atoms with Crippen molar-refractivity contribution in [3.63, 3.8) is 0 Å². The highest BCUT2D eigenvalue weighted by molar-refractivity contribution is 7.90. The Labute approximate surface area is 221 Å². The van der Waals surface area contributed by atoms with E-state index in [0.29, 0.717) is 37.3 Å². The Morgan fingerprint density at radius 1 is 1.13 bits per heavy atom. The summed E-state index contributed by atoms with van der Waals surface area (Å²) in [5.74, 6) is 0.241. The molecule has 0 saturated heterocycles. The third-order valence-electron chi connectivity index (χ3n) is 7.40. The van der Waals surface area contributed by atoms with E-state index in [-0.39, 0.29) is 16.9 Å². The van der Waals surface area contributed by atoms with Crippen LogP contribution in [0.1, 0.15) is 49.3 Å². The van der Waals surface area contributed by atoms with Gasteiger partial charge in [0.1, 0.15) is 0 Å². The van der Waals surface area contributed by atoms with E-state index in [1.54, 1.807) is 29.2 Å². The molecule has 0 bridgehead atoms. The lowest BCUT2D eigenvalue weighted by Crippen LogP contribution is -2.35. The van der Waals surface area contributed by atoms with Crippen LogP contribution in [-0.4, -0.2) is 53.5 Å². The van der Waals surface area contributed by atoms with Crippen LogP contribution >= 0.6 is 0 Å². The number of nitrogens with zero attached hydrogens (tertiary/aromatic N) is 3.